The molecule has 0 unspecified atom stereocenters. The summed E-state index contributed by atoms with van der Waals surface area (Å²) in [5, 5.41) is 11.0. The summed E-state index contributed by atoms with van der Waals surface area (Å²) in [6, 6.07) is 8.22. The van der Waals surface area contributed by atoms with E-state index in [-0.39, 0.29) is 5.91 Å². The Kier molecular flexibility index (Phi) is 7.60. The number of rotatable bonds is 10. The maximum Gasteiger partial charge on any atom is 0.220 e. The molecule has 0 aliphatic heterocycles. The van der Waals surface area contributed by atoms with Crippen molar-refractivity contribution in [2.75, 3.05) is 26.2 Å². The lowest BCUT2D eigenvalue weighted by atomic mass is 10.1. The van der Waals surface area contributed by atoms with Crippen molar-refractivity contribution < 1.29 is 9.21 Å². The van der Waals surface area contributed by atoms with E-state index in [0.29, 0.717) is 37.6 Å². The van der Waals surface area contributed by atoms with Crippen LogP contribution in [0.15, 0.2) is 28.7 Å². The average molecular weight is 344 g/mol. The molecule has 0 bridgehead atoms. The maximum absolute atomic E-state index is 11.9. The van der Waals surface area contributed by atoms with E-state index in [2.05, 4.69) is 53.3 Å². The van der Waals surface area contributed by atoms with Crippen molar-refractivity contribution in [1.29, 1.82) is 0 Å². The van der Waals surface area contributed by atoms with Crippen LogP contribution in [0, 0.1) is 6.92 Å². The zero-order chi connectivity index (χ0) is 18.1. The summed E-state index contributed by atoms with van der Waals surface area (Å²) in [5.41, 5.74) is 2.35. The molecule has 0 saturated heterocycles. The van der Waals surface area contributed by atoms with Crippen molar-refractivity contribution in [2.24, 2.45) is 0 Å². The number of nitrogens with zero attached hydrogens (tertiary/aromatic N) is 3. The smallest absolute Gasteiger partial charge is 0.220 e. The number of hydrogen-bond donors (Lipinski definition) is 1. The first-order chi connectivity index (χ1) is 12.1. The highest BCUT2D eigenvalue weighted by Gasteiger charge is 2.10. The summed E-state index contributed by atoms with van der Waals surface area (Å²) in [6.45, 7) is 9.84. The zero-order valence-electron chi connectivity index (χ0n) is 15.4. The van der Waals surface area contributed by atoms with E-state index in [1.165, 1.54) is 5.56 Å². The van der Waals surface area contributed by atoms with Gasteiger partial charge in [-0.2, -0.15) is 0 Å². The summed E-state index contributed by atoms with van der Waals surface area (Å²) in [6.07, 6.45) is 1.45. The number of carbonyl (C=O) groups is 1. The van der Waals surface area contributed by atoms with Crippen LogP contribution in [-0.4, -0.2) is 47.2 Å². The first-order valence-electron chi connectivity index (χ1n) is 8.96. The number of aryl methyl sites for hydroxylation is 2. The second-order valence-corrected chi connectivity index (χ2v) is 6.13. The highest BCUT2D eigenvalue weighted by molar-refractivity contribution is 5.75. The second-order valence-electron chi connectivity index (χ2n) is 6.13. The van der Waals surface area contributed by atoms with E-state index in [0.717, 1.165) is 25.2 Å². The van der Waals surface area contributed by atoms with Gasteiger partial charge in [-0.3, -0.25) is 4.79 Å². The van der Waals surface area contributed by atoms with Crippen LogP contribution in [-0.2, 0) is 17.6 Å². The van der Waals surface area contributed by atoms with E-state index in [1.54, 1.807) is 0 Å². The van der Waals surface area contributed by atoms with Gasteiger partial charge in [0.05, 0.1) is 6.42 Å². The molecule has 6 heteroatoms. The molecule has 1 aromatic heterocycles. The average Bonchev–Trinajstić information content (AvgIpc) is 3.04. The highest BCUT2D eigenvalue weighted by atomic mass is 16.4. The van der Waals surface area contributed by atoms with Crippen molar-refractivity contribution >= 4 is 5.91 Å². The van der Waals surface area contributed by atoms with Crippen molar-refractivity contribution in [3.8, 4) is 0 Å². The van der Waals surface area contributed by atoms with Crippen molar-refractivity contribution in [3.63, 3.8) is 0 Å². The number of benzene rings is 1. The van der Waals surface area contributed by atoms with Crippen LogP contribution in [0.4, 0.5) is 0 Å². The third kappa shape index (κ3) is 6.66. The summed E-state index contributed by atoms with van der Waals surface area (Å²) in [5.74, 6) is 1.12. The molecule has 2 rings (SSSR count). The molecule has 1 heterocycles. The number of nitrogens with one attached hydrogen (secondary N) is 1. The van der Waals surface area contributed by atoms with Gasteiger partial charge in [0.1, 0.15) is 0 Å². The van der Waals surface area contributed by atoms with Gasteiger partial charge in [-0.05, 0) is 25.6 Å². The fraction of sp³-hybridized carbons (Fsp3) is 0.526. The Morgan fingerprint density at radius 1 is 1.20 bits per heavy atom. The number of amides is 1. The first kappa shape index (κ1) is 19.1. The van der Waals surface area contributed by atoms with E-state index in [1.807, 2.05) is 12.1 Å². The van der Waals surface area contributed by atoms with E-state index >= 15 is 0 Å². The second kappa shape index (κ2) is 9.93. The minimum absolute atomic E-state index is 0.0191. The largest absolute Gasteiger partial charge is 0.425 e. The van der Waals surface area contributed by atoms with E-state index in [4.69, 9.17) is 4.42 Å². The van der Waals surface area contributed by atoms with Gasteiger partial charge in [-0.25, -0.2) is 0 Å². The Labute approximate surface area is 149 Å². The normalized spacial score (nSPS) is 11.0. The molecule has 136 valence electrons. The summed E-state index contributed by atoms with van der Waals surface area (Å²) < 4.78 is 5.64. The van der Waals surface area contributed by atoms with Crippen LogP contribution in [0.5, 0.6) is 0 Å². The zero-order valence-corrected chi connectivity index (χ0v) is 15.4. The van der Waals surface area contributed by atoms with Gasteiger partial charge in [-0.15, -0.1) is 10.2 Å². The number of likely N-dealkylation sites (N-methyl/N-ethyl adjacent to an activating group) is 1. The molecular formula is C19H28N4O2. The van der Waals surface area contributed by atoms with E-state index < -0.39 is 0 Å². The molecule has 0 spiro atoms. The minimum atomic E-state index is 0.0191. The molecular weight excluding hydrogens is 316 g/mol. The van der Waals surface area contributed by atoms with Crippen LogP contribution < -0.4 is 5.32 Å². The standard InChI is InChI=1S/C19H28N4O2/c1-4-23(5-2)12-11-20-17(24)9-10-18-21-22-19(25-18)14-16-8-6-7-15(3)13-16/h6-8,13H,4-5,9-12,14H2,1-3H3,(H,20,24). The lowest BCUT2D eigenvalue weighted by molar-refractivity contribution is -0.121. The number of aromatic nitrogens is 2. The minimum Gasteiger partial charge on any atom is -0.425 e. The fourth-order valence-corrected chi connectivity index (χ4v) is 2.66. The molecule has 2 aromatic rings. The predicted octanol–water partition coefficient (Wildman–Crippen LogP) is 2.36. The Morgan fingerprint density at radius 3 is 2.68 bits per heavy atom. The molecule has 0 saturated carbocycles. The van der Waals surface area contributed by atoms with Gasteiger partial charge in [0.15, 0.2) is 0 Å². The molecule has 1 amide bonds. The Bertz CT molecular complexity index is 665. The molecule has 25 heavy (non-hydrogen) atoms. The fourth-order valence-electron chi connectivity index (χ4n) is 2.66. The van der Waals surface area contributed by atoms with Crippen LogP contribution in [0.3, 0.4) is 0 Å². The lowest BCUT2D eigenvalue weighted by Crippen LogP contribution is -2.34. The summed E-state index contributed by atoms with van der Waals surface area (Å²) in [7, 11) is 0. The van der Waals surface area contributed by atoms with Crippen LogP contribution in [0.1, 0.15) is 43.2 Å². The van der Waals surface area contributed by atoms with Crippen molar-refractivity contribution in [2.45, 2.75) is 40.0 Å². The predicted molar refractivity (Wildman–Crippen MR) is 97.4 cm³/mol. The van der Waals surface area contributed by atoms with Gasteiger partial charge in [0, 0.05) is 25.9 Å². The SMILES string of the molecule is CCN(CC)CCNC(=O)CCc1nnc(Cc2cccc(C)c2)o1. The Balaban J connectivity index is 1.73. The van der Waals surface area contributed by atoms with Gasteiger partial charge in [0.25, 0.3) is 0 Å². The Hall–Kier alpha value is -2.21. The first-order valence-corrected chi connectivity index (χ1v) is 8.96. The molecule has 0 atom stereocenters. The van der Waals surface area contributed by atoms with Gasteiger partial charge in [-0.1, -0.05) is 43.7 Å². The molecule has 0 fully saturated rings. The maximum atomic E-state index is 11.9. The quantitative estimate of drug-likeness (QED) is 0.716. The van der Waals surface area contributed by atoms with Gasteiger partial charge < -0.3 is 14.6 Å². The van der Waals surface area contributed by atoms with Crippen LogP contribution in [0.25, 0.3) is 0 Å². The lowest BCUT2D eigenvalue weighted by Gasteiger charge is -2.17. The monoisotopic (exact) mass is 344 g/mol. The van der Waals surface area contributed by atoms with Crippen LogP contribution in [0.2, 0.25) is 0 Å². The van der Waals surface area contributed by atoms with Crippen molar-refractivity contribution in [1.82, 2.24) is 20.4 Å². The van der Waals surface area contributed by atoms with Crippen molar-refractivity contribution in [3.05, 3.63) is 47.2 Å². The molecule has 0 aliphatic rings. The summed E-state index contributed by atoms with van der Waals surface area (Å²) >= 11 is 0. The van der Waals surface area contributed by atoms with Gasteiger partial charge >= 0.3 is 0 Å². The van der Waals surface area contributed by atoms with Gasteiger partial charge in [0.2, 0.25) is 17.7 Å². The molecule has 0 radical (unpaired) electrons. The topological polar surface area (TPSA) is 71.3 Å². The molecule has 1 N–H and O–H groups in total. The third-order valence-electron chi connectivity index (χ3n) is 4.16. The molecule has 6 nitrogen and oxygen atoms in total. The third-order valence-corrected chi connectivity index (χ3v) is 4.16. The number of carbonyl (C=O) groups excluding carboxylic acids is 1. The van der Waals surface area contributed by atoms with Crippen LogP contribution >= 0.6 is 0 Å². The molecule has 0 aliphatic carbocycles. The van der Waals surface area contributed by atoms with E-state index in [9.17, 15) is 4.79 Å². The Morgan fingerprint density at radius 2 is 1.96 bits per heavy atom. The number of hydrogen-bond acceptors (Lipinski definition) is 5. The summed E-state index contributed by atoms with van der Waals surface area (Å²) in [4.78, 5) is 14.2. The molecule has 1 aromatic carbocycles. The highest BCUT2D eigenvalue weighted by Crippen LogP contribution is 2.11.